The molecule has 18 heavy (non-hydrogen) atoms. The second-order valence-corrected chi connectivity index (χ2v) is 5.64. The molecule has 1 aromatic carbocycles. The third kappa shape index (κ3) is 5.44. The van der Waals surface area contributed by atoms with Crippen LogP contribution in [-0.4, -0.2) is 37.0 Å². The van der Waals surface area contributed by atoms with Crippen molar-refractivity contribution in [3.05, 3.63) is 35.9 Å². The lowest BCUT2D eigenvalue weighted by molar-refractivity contribution is -0.141. The third-order valence-electron chi connectivity index (χ3n) is 1.92. The average molecular weight is 272 g/mol. The maximum absolute atomic E-state index is 11.2. The number of hydrogen-bond acceptors (Lipinski definition) is 5. The van der Waals surface area contributed by atoms with Gasteiger partial charge in [-0.1, -0.05) is 30.3 Å². The van der Waals surface area contributed by atoms with Crippen molar-refractivity contribution in [2.75, 3.05) is 11.5 Å². The van der Waals surface area contributed by atoms with E-state index in [9.17, 15) is 18.0 Å². The lowest BCUT2D eigenvalue weighted by Gasteiger charge is -2.04. The van der Waals surface area contributed by atoms with Gasteiger partial charge in [-0.15, -0.1) is 0 Å². The molecule has 0 unspecified atom stereocenters. The summed E-state index contributed by atoms with van der Waals surface area (Å²) in [5, 5.41) is 8.34. The van der Waals surface area contributed by atoms with Gasteiger partial charge >= 0.3 is 11.9 Å². The summed E-state index contributed by atoms with van der Waals surface area (Å²) in [5.41, 5.74) is 0.724. The van der Waals surface area contributed by atoms with E-state index in [-0.39, 0.29) is 6.61 Å². The van der Waals surface area contributed by atoms with Gasteiger partial charge in [-0.3, -0.25) is 9.59 Å². The minimum Gasteiger partial charge on any atom is -0.480 e. The van der Waals surface area contributed by atoms with Crippen molar-refractivity contribution in [1.82, 2.24) is 0 Å². The molecule has 0 atom stereocenters. The van der Waals surface area contributed by atoms with Gasteiger partial charge in [0.15, 0.2) is 9.84 Å². The standard InChI is InChI=1S/C11H12O6S/c12-10(13)7-18(15,16)8-11(14)17-6-9-4-2-1-3-5-9/h1-5H,6-8H2,(H,12,13). The highest BCUT2D eigenvalue weighted by atomic mass is 32.2. The Morgan fingerprint density at radius 1 is 1.11 bits per heavy atom. The van der Waals surface area contributed by atoms with E-state index in [0.717, 1.165) is 5.56 Å². The summed E-state index contributed by atoms with van der Waals surface area (Å²) in [5.74, 6) is -4.45. The summed E-state index contributed by atoms with van der Waals surface area (Å²) in [6.45, 7) is -0.0394. The zero-order valence-corrected chi connectivity index (χ0v) is 10.2. The first-order chi connectivity index (χ1) is 8.39. The molecule has 0 amide bonds. The van der Waals surface area contributed by atoms with Crippen LogP contribution >= 0.6 is 0 Å². The molecule has 0 aromatic heterocycles. The molecule has 0 saturated carbocycles. The van der Waals surface area contributed by atoms with Gasteiger partial charge in [-0.05, 0) is 5.56 Å². The fourth-order valence-electron chi connectivity index (χ4n) is 1.20. The molecule has 1 N–H and O–H groups in total. The second kappa shape index (κ2) is 6.15. The van der Waals surface area contributed by atoms with Crippen molar-refractivity contribution in [2.45, 2.75) is 6.61 Å². The molecule has 0 bridgehead atoms. The van der Waals surface area contributed by atoms with Gasteiger partial charge in [0.25, 0.3) is 0 Å². The summed E-state index contributed by atoms with van der Waals surface area (Å²) in [6.07, 6.45) is 0. The van der Waals surface area contributed by atoms with Crippen LogP contribution in [0.25, 0.3) is 0 Å². The van der Waals surface area contributed by atoms with Gasteiger partial charge in [0, 0.05) is 0 Å². The SMILES string of the molecule is O=C(O)CS(=O)(=O)CC(=O)OCc1ccccc1. The van der Waals surface area contributed by atoms with E-state index in [1.165, 1.54) is 0 Å². The molecule has 0 fully saturated rings. The topological polar surface area (TPSA) is 97.7 Å². The largest absolute Gasteiger partial charge is 0.480 e. The molecule has 1 aromatic rings. The fourth-order valence-corrected chi connectivity index (χ4v) is 2.12. The van der Waals surface area contributed by atoms with Gasteiger partial charge in [-0.25, -0.2) is 8.42 Å². The molecule has 0 aliphatic carbocycles. The predicted octanol–water partition coefficient (Wildman–Crippen LogP) is 0.229. The van der Waals surface area contributed by atoms with E-state index in [2.05, 4.69) is 0 Å². The maximum atomic E-state index is 11.2. The molecule has 0 aliphatic rings. The number of aliphatic carboxylic acids is 1. The van der Waals surface area contributed by atoms with Gasteiger partial charge in [-0.2, -0.15) is 0 Å². The van der Waals surface area contributed by atoms with Gasteiger partial charge in [0.2, 0.25) is 0 Å². The first-order valence-corrected chi connectivity index (χ1v) is 6.83. The van der Waals surface area contributed by atoms with Crippen LogP contribution in [0.4, 0.5) is 0 Å². The first-order valence-electron chi connectivity index (χ1n) is 5.01. The second-order valence-electron chi connectivity index (χ2n) is 3.57. The molecule has 98 valence electrons. The van der Waals surface area contributed by atoms with E-state index in [0.29, 0.717) is 0 Å². The molecule has 0 radical (unpaired) electrons. The molecule has 1 rings (SSSR count). The normalized spacial score (nSPS) is 10.9. The quantitative estimate of drug-likeness (QED) is 0.744. The molecule has 0 spiro atoms. The number of ether oxygens (including phenoxy) is 1. The summed E-state index contributed by atoms with van der Waals surface area (Å²) in [7, 11) is -3.96. The molecular formula is C11H12O6S. The molecular weight excluding hydrogens is 260 g/mol. The Bertz CT molecular complexity index is 520. The zero-order valence-electron chi connectivity index (χ0n) is 9.40. The number of sulfone groups is 1. The highest BCUT2D eigenvalue weighted by Gasteiger charge is 2.21. The Morgan fingerprint density at radius 3 is 2.28 bits per heavy atom. The minimum absolute atomic E-state index is 0.0394. The van der Waals surface area contributed by atoms with E-state index >= 15 is 0 Å². The summed E-state index contributed by atoms with van der Waals surface area (Å²) in [4.78, 5) is 21.5. The van der Waals surface area contributed by atoms with Crippen LogP contribution in [0.15, 0.2) is 30.3 Å². The van der Waals surface area contributed by atoms with Gasteiger partial charge in [0.05, 0.1) is 0 Å². The molecule has 0 aliphatic heterocycles. The number of carbonyl (C=O) groups is 2. The highest BCUT2D eigenvalue weighted by Crippen LogP contribution is 2.01. The van der Waals surface area contributed by atoms with Crippen molar-refractivity contribution >= 4 is 21.8 Å². The highest BCUT2D eigenvalue weighted by molar-refractivity contribution is 7.92. The minimum atomic E-state index is -3.96. The van der Waals surface area contributed by atoms with Crippen LogP contribution in [0, 0.1) is 0 Å². The molecule has 0 heterocycles. The van der Waals surface area contributed by atoms with Crippen LogP contribution in [0.1, 0.15) is 5.56 Å². The molecule has 0 saturated heterocycles. The summed E-state index contributed by atoms with van der Waals surface area (Å²) in [6, 6.07) is 8.75. The predicted molar refractivity (Wildman–Crippen MR) is 62.5 cm³/mol. The van der Waals surface area contributed by atoms with Crippen LogP contribution in [0.2, 0.25) is 0 Å². The smallest absolute Gasteiger partial charge is 0.321 e. The average Bonchev–Trinajstić information content (AvgIpc) is 2.25. The van der Waals surface area contributed by atoms with E-state index in [1.807, 2.05) is 0 Å². The lowest BCUT2D eigenvalue weighted by Crippen LogP contribution is -2.24. The number of benzene rings is 1. The van der Waals surface area contributed by atoms with E-state index < -0.39 is 33.3 Å². The maximum Gasteiger partial charge on any atom is 0.321 e. The number of esters is 1. The van der Waals surface area contributed by atoms with Crippen molar-refractivity contribution in [1.29, 1.82) is 0 Å². The lowest BCUT2D eigenvalue weighted by atomic mass is 10.2. The first kappa shape index (κ1) is 14.2. The van der Waals surface area contributed by atoms with E-state index in [4.69, 9.17) is 9.84 Å². The Balaban J connectivity index is 2.45. The summed E-state index contributed by atoms with van der Waals surface area (Å²) >= 11 is 0. The van der Waals surface area contributed by atoms with Crippen molar-refractivity contribution in [3.63, 3.8) is 0 Å². The van der Waals surface area contributed by atoms with Crippen LogP contribution < -0.4 is 0 Å². The number of carboxylic acid groups (broad SMARTS) is 1. The zero-order chi connectivity index (χ0) is 13.6. The Labute approximate surface area is 104 Å². The van der Waals surface area contributed by atoms with Crippen LogP contribution in [0.5, 0.6) is 0 Å². The monoisotopic (exact) mass is 272 g/mol. The molecule has 7 heteroatoms. The molecule has 6 nitrogen and oxygen atoms in total. The Kier molecular flexibility index (Phi) is 4.85. The van der Waals surface area contributed by atoms with Crippen molar-refractivity contribution < 1.29 is 27.9 Å². The number of carbonyl (C=O) groups excluding carboxylic acids is 1. The number of rotatable bonds is 6. The van der Waals surface area contributed by atoms with Crippen LogP contribution in [0.3, 0.4) is 0 Å². The third-order valence-corrected chi connectivity index (χ3v) is 3.29. The van der Waals surface area contributed by atoms with E-state index in [1.54, 1.807) is 30.3 Å². The van der Waals surface area contributed by atoms with Crippen LogP contribution in [-0.2, 0) is 30.8 Å². The summed E-state index contributed by atoms with van der Waals surface area (Å²) < 4.78 is 27.1. The van der Waals surface area contributed by atoms with Gasteiger partial charge in [0.1, 0.15) is 18.1 Å². The van der Waals surface area contributed by atoms with Gasteiger partial charge < -0.3 is 9.84 Å². The Hall–Kier alpha value is -1.89. The number of hydrogen-bond donors (Lipinski definition) is 1. The van der Waals surface area contributed by atoms with Crippen molar-refractivity contribution in [3.8, 4) is 0 Å². The van der Waals surface area contributed by atoms with Crippen molar-refractivity contribution in [2.24, 2.45) is 0 Å². The number of carboxylic acids is 1. The fraction of sp³-hybridized carbons (Fsp3) is 0.273. The Morgan fingerprint density at radius 2 is 1.72 bits per heavy atom.